The van der Waals surface area contributed by atoms with E-state index in [2.05, 4.69) is 55.6 Å². The largest absolute Gasteiger partial charge is 0.494 e. The predicted octanol–water partition coefficient (Wildman–Crippen LogP) is 3.98. The van der Waals surface area contributed by atoms with E-state index in [1.165, 1.54) is 0 Å². The molecule has 0 bridgehead atoms. The second-order valence-electron chi connectivity index (χ2n) is 8.10. The van der Waals surface area contributed by atoms with Gasteiger partial charge in [-0.25, -0.2) is 9.37 Å². The Morgan fingerprint density at radius 2 is 2.00 bits per heavy atom. The number of hydrogen-bond acceptors (Lipinski definition) is 6. The lowest BCUT2D eigenvalue weighted by atomic mass is 9.78. The lowest BCUT2D eigenvalue weighted by Crippen LogP contribution is -2.67. The van der Waals surface area contributed by atoms with E-state index in [-0.39, 0.29) is 11.6 Å². The fourth-order valence-electron chi connectivity index (χ4n) is 3.77. The molecule has 2 aromatic heterocycles. The average Bonchev–Trinajstić information content (AvgIpc) is 2.59. The number of nitrogens with one attached hydrogen (secondary N) is 2. The summed E-state index contributed by atoms with van der Waals surface area (Å²) in [7, 11) is 1.58. The minimum atomic E-state index is -1.06. The quantitative estimate of drug-likeness (QED) is 0.753. The highest BCUT2D eigenvalue weighted by atomic mass is 79.9. The Labute approximate surface area is 167 Å². The highest BCUT2D eigenvalue weighted by molar-refractivity contribution is 9.10. The van der Waals surface area contributed by atoms with Crippen molar-refractivity contribution in [2.45, 2.75) is 57.4 Å². The number of halogens is 2. The molecule has 0 amide bonds. The molecule has 3 heterocycles. The lowest BCUT2D eigenvalue weighted by molar-refractivity contribution is 0.0655. The van der Waals surface area contributed by atoms with Crippen LogP contribution in [0.4, 0.5) is 10.2 Å². The standard InChI is InChI=1S/C19H25BrFN5O/c1-18(2)9-13(17(21)19(3,4)26-18)23-15-7-6-12(24-25-15)16-14(27-5)8-11(20)10-22-16/h6-8,10,13,17,26H,9H2,1-5H3,(H,23,25)/t13-,17-/m0/s1. The highest BCUT2D eigenvalue weighted by Gasteiger charge is 2.46. The molecular formula is C19H25BrFN5O. The Hall–Kier alpha value is -1.80. The van der Waals surface area contributed by atoms with Crippen LogP contribution in [0.25, 0.3) is 11.4 Å². The van der Waals surface area contributed by atoms with Crippen LogP contribution in [0.15, 0.2) is 28.9 Å². The van der Waals surface area contributed by atoms with E-state index in [1.807, 2.05) is 19.9 Å². The lowest BCUT2D eigenvalue weighted by Gasteiger charge is -2.48. The summed E-state index contributed by atoms with van der Waals surface area (Å²) in [6, 6.07) is 5.07. The predicted molar refractivity (Wildman–Crippen MR) is 108 cm³/mol. The van der Waals surface area contributed by atoms with E-state index in [4.69, 9.17) is 4.74 Å². The van der Waals surface area contributed by atoms with Crippen LogP contribution < -0.4 is 15.4 Å². The molecule has 8 heteroatoms. The van der Waals surface area contributed by atoms with Crippen LogP contribution in [-0.2, 0) is 0 Å². The van der Waals surface area contributed by atoms with Gasteiger partial charge in [-0.2, -0.15) is 0 Å². The Balaban J connectivity index is 1.80. The van der Waals surface area contributed by atoms with Crippen LogP contribution >= 0.6 is 15.9 Å². The van der Waals surface area contributed by atoms with Crippen LogP contribution in [0.2, 0.25) is 0 Å². The molecule has 6 nitrogen and oxygen atoms in total. The molecule has 1 fully saturated rings. The zero-order valence-corrected chi connectivity index (χ0v) is 17.8. The van der Waals surface area contributed by atoms with Gasteiger partial charge in [0.25, 0.3) is 0 Å². The first kappa shape index (κ1) is 19.9. The molecule has 1 aliphatic heterocycles. The van der Waals surface area contributed by atoms with Gasteiger partial charge < -0.3 is 15.4 Å². The second kappa shape index (κ2) is 7.31. The van der Waals surface area contributed by atoms with Crippen LogP contribution in [0.5, 0.6) is 5.75 Å². The highest BCUT2D eigenvalue weighted by Crippen LogP contribution is 2.33. The van der Waals surface area contributed by atoms with Crippen molar-refractivity contribution in [2.75, 3.05) is 12.4 Å². The van der Waals surface area contributed by atoms with E-state index in [0.29, 0.717) is 29.4 Å². The molecule has 0 aliphatic carbocycles. The van der Waals surface area contributed by atoms with Gasteiger partial charge in [0.2, 0.25) is 0 Å². The number of aromatic nitrogens is 3. The van der Waals surface area contributed by atoms with Crippen molar-refractivity contribution in [1.82, 2.24) is 20.5 Å². The minimum Gasteiger partial charge on any atom is -0.494 e. The molecule has 0 unspecified atom stereocenters. The fourth-order valence-corrected chi connectivity index (χ4v) is 4.08. The summed E-state index contributed by atoms with van der Waals surface area (Å²) in [5, 5.41) is 15.0. The number of anilines is 1. The van der Waals surface area contributed by atoms with Crippen molar-refractivity contribution < 1.29 is 9.13 Å². The molecule has 0 spiro atoms. The maximum absolute atomic E-state index is 14.9. The molecule has 2 aromatic rings. The number of piperidine rings is 1. The van der Waals surface area contributed by atoms with Crippen LogP contribution in [-0.4, -0.2) is 45.6 Å². The van der Waals surface area contributed by atoms with Crippen molar-refractivity contribution in [2.24, 2.45) is 0 Å². The third-order valence-corrected chi connectivity index (χ3v) is 5.15. The van der Waals surface area contributed by atoms with E-state index < -0.39 is 11.7 Å². The molecule has 0 saturated carbocycles. The van der Waals surface area contributed by atoms with Gasteiger partial charge in [0.15, 0.2) is 0 Å². The second-order valence-corrected chi connectivity index (χ2v) is 9.01. The average molecular weight is 438 g/mol. The monoisotopic (exact) mass is 437 g/mol. The maximum atomic E-state index is 14.9. The summed E-state index contributed by atoms with van der Waals surface area (Å²) in [6.07, 6.45) is 1.27. The van der Waals surface area contributed by atoms with Gasteiger partial charge in [-0.05, 0) is 68.2 Å². The van der Waals surface area contributed by atoms with Crippen LogP contribution in [0, 0.1) is 0 Å². The van der Waals surface area contributed by atoms with Crippen molar-refractivity contribution in [1.29, 1.82) is 0 Å². The first-order valence-corrected chi connectivity index (χ1v) is 9.64. The summed E-state index contributed by atoms with van der Waals surface area (Å²) in [5.41, 5.74) is 0.396. The van der Waals surface area contributed by atoms with Gasteiger partial charge in [-0.3, -0.25) is 0 Å². The van der Waals surface area contributed by atoms with Crippen LogP contribution in [0.1, 0.15) is 34.1 Å². The van der Waals surface area contributed by atoms with E-state index in [9.17, 15) is 4.39 Å². The normalized spacial score (nSPS) is 23.7. The topological polar surface area (TPSA) is 72.0 Å². The molecular weight excluding hydrogens is 413 g/mol. The molecule has 2 atom stereocenters. The summed E-state index contributed by atoms with van der Waals surface area (Å²) in [4.78, 5) is 4.35. The van der Waals surface area contributed by atoms with Gasteiger partial charge >= 0.3 is 0 Å². The van der Waals surface area contributed by atoms with E-state index in [1.54, 1.807) is 25.4 Å². The summed E-state index contributed by atoms with van der Waals surface area (Å²) < 4.78 is 21.1. The third-order valence-electron chi connectivity index (χ3n) is 4.71. The Morgan fingerprint density at radius 3 is 2.63 bits per heavy atom. The minimum absolute atomic E-state index is 0.175. The van der Waals surface area contributed by atoms with Gasteiger partial charge in [0.1, 0.15) is 29.1 Å². The molecule has 0 radical (unpaired) electrons. The zero-order chi connectivity index (χ0) is 19.8. The first-order valence-electron chi connectivity index (χ1n) is 8.85. The number of ether oxygens (including phenoxy) is 1. The van der Waals surface area contributed by atoms with Crippen molar-refractivity contribution in [3.8, 4) is 17.1 Å². The molecule has 1 aliphatic rings. The summed E-state index contributed by atoms with van der Waals surface area (Å²) in [5.74, 6) is 1.14. The maximum Gasteiger partial charge on any atom is 0.149 e. The number of pyridine rings is 1. The summed E-state index contributed by atoms with van der Waals surface area (Å²) in [6.45, 7) is 7.92. The molecule has 146 valence electrons. The number of methoxy groups -OCH3 is 1. The van der Waals surface area contributed by atoms with E-state index in [0.717, 1.165) is 4.47 Å². The van der Waals surface area contributed by atoms with Gasteiger partial charge in [-0.1, -0.05) is 0 Å². The molecule has 2 N–H and O–H groups in total. The SMILES string of the molecule is COc1cc(Br)cnc1-c1ccc(N[C@H]2CC(C)(C)NC(C)(C)[C@H]2F)nn1. The summed E-state index contributed by atoms with van der Waals surface area (Å²) >= 11 is 3.37. The van der Waals surface area contributed by atoms with E-state index >= 15 is 0 Å². The number of hydrogen-bond donors (Lipinski definition) is 2. The van der Waals surface area contributed by atoms with Crippen molar-refractivity contribution in [3.63, 3.8) is 0 Å². The molecule has 3 rings (SSSR count). The van der Waals surface area contributed by atoms with Crippen molar-refractivity contribution >= 4 is 21.7 Å². The number of nitrogens with zero attached hydrogens (tertiary/aromatic N) is 3. The van der Waals surface area contributed by atoms with Gasteiger partial charge in [0, 0.05) is 21.7 Å². The molecule has 27 heavy (non-hydrogen) atoms. The van der Waals surface area contributed by atoms with Crippen LogP contribution in [0.3, 0.4) is 0 Å². The van der Waals surface area contributed by atoms with Gasteiger partial charge in [-0.15, -0.1) is 10.2 Å². The third kappa shape index (κ3) is 4.38. The van der Waals surface area contributed by atoms with Gasteiger partial charge in [0.05, 0.1) is 13.2 Å². The molecule has 1 saturated heterocycles. The number of rotatable bonds is 4. The Kier molecular flexibility index (Phi) is 5.40. The first-order chi connectivity index (χ1) is 12.6. The molecule has 0 aromatic carbocycles. The Bertz CT molecular complexity index is 812. The fraction of sp³-hybridized carbons (Fsp3) is 0.526. The smallest absolute Gasteiger partial charge is 0.149 e. The Morgan fingerprint density at radius 1 is 1.26 bits per heavy atom. The zero-order valence-electron chi connectivity index (χ0n) is 16.2. The van der Waals surface area contributed by atoms with Crippen molar-refractivity contribution in [3.05, 3.63) is 28.9 Å². The number of alkyl halides is 1.